The fraction of sp³-hybridized carbons (Fsp3) is 0.615. The summed E-state index contributed by atoms with van der Waals surface area (Å²) in [6, 6.07) is 3.17. The summed E-state index contributed by atoms with van der Waals surface area (Å²) in [5.41, 5.74) is 0.0355. The number of aromatic nitrogens is 1. The lowest BCUT2D eigenvalue weighted by atomic mass is 9.79. The number of hydrogen-bond donors (Lipinski definition) is 1. The van der Waals surface area contributed by atoms with E-state index in [-0.39, 0.29) is 5.69 Å². The van der Waals surface area contributed by atoms with Crippen LogP contribution in [0, 0.1) is 22.0 Å². The number of nitrogens with one attached hydrogen (secondary N) is 1. The standard InChI is InChI=1S/C13H18N4O2/c18-17(19)12-1-2-13(15-8-12)14-7-11-9-16-5-3-10(11)4-6-16/h1-2,8,10-11H,3-7,9H2,(H,14,15). The lowest BCUT2D eigenvalue weighted by Gasteiger charge is -2.44. The first-order valence-corrected chi connectivity index (χ1v) is 6.79. The van der Waals surface area contributed by atoms with Crippen molar-refractivity contribution in [2.45, 2.75) is 12.8 Å². The van der Waals surface area contributed by atoms with Gasteiger partial charge in [-0.1, -0.05) is 0 Å². The van der Waals surface area contributed by atoms with E-state index in [0.717, 1.165) is 18.3 Å². The first kappa shape index (κ1) is 12.3. The van der Waals surface area contributed by atoms with Gasteiger partial charge in [-0.05, 0) is 43.8 Å². The van der Waals surface area contributed by atoms with Crippen LogP contribution in [0.1, 0.15) is 12.8 Å². The first-order chi connectivity index (χ1) is 9.22. The van der Waals surface area contributed by atoms with Crippen molar-refractivity contribution in [1.82, 2.24) is 9.88 Å². The van der Waals surface area contributed by atoms with E-state index < -0.39 is 4.92 Å². The molecule has 1 aromatic heterocycles. The molecule has 3 saturated heterocycles. The molecule has 2 bridgehead atoms. The van der Waals surface area contributed by atoms with E-state index in [9.17, 15) is 10.1 Å². The largest absolute Gasteiger partial charge is 0.370 e. The van der Waals surface area contributed by atoms with Crippen LogP contribution in [0.3, 0.4) is 0 Å². The summed E-state index contributed by atoms with van der Waals surface area (Å²) in [5, 5.41) is 13.8. The Morgan fingerprint density at radius 3 is 2.74 bits per heavy atom. The second-order valence-corrected chi connectivity index (χ2v) is 5.44. The first-order valence-electron chi connectivity index (χ1n) is 6.79. The fourth-order valence-corrected chi connectivity index (χ4v) is 3.15. The molecule has 0 spiro atoms. The van der Waals surface area contributed by atoms with Crippen molar-refractivity contribution in [1.29, 1.82) is 0 Å². The summed E-state index contributed by atoms with van der Waals surface area (Å²) in [6.45, 7) is 4.57. The number of piperidine rings is 3. The van der Waals surface area contributed by atoms with Crippen LogP contribution in [-0.4, -0.2) is 41.0 Å². The van der Waals surface area contributed by atoms with Crippen LogP contribution < -0.4 is 5.32 Å². The van der Waals surface area contributed by atoms with E-state index in [1.807, 2.05) is 0 Å². The molecule has 1 aromatic rings. The minimum atomic E-state index is -0.426. The molecule has 1 N–H and O–H groups in total. The lowest BCUT2D eigenvalue weighted by molar-refractivity contribution is -0.385. The molecule has 0 radical (unpaired) electrons. The Morgan fingerprint density at radius 1 is 1.42 bits per heavy atom. The molecule has 1 unspecified atom stereocenters. The molecule has 6 heteroatoms. The topological polar surface area (TPSA) is 71.3 Å². The van der Waals surface area contributed by atoms with Gasteiger partial charge in [-0.2, -0.15) is 0 Å². The smallest absolute Gasteiger partial charge is 0.287 e. The van der Waals surface area contributed by atoms with Gasteiger partial charge in [-0.15, -0.1) is 0 Å². The molecule has 3 aliphatic rings. The Hall–Kier alpha value is -1.69. The molecule has 1 atom stereocenters. The number of anilines is 1. The zero-order chi connectivity index (χ0) is 13.2. The van der Waals surface area contributed by atoms with E-state index in [1.165, 1.54) is 44.7 Å². The van der Waals surface area contributed by atoms with Gasteiger partial charge in [0.05, 0.1) is 4.92 Å². The number of nitro groups is 1. The van der Waals surface area contributed by atoms with Crippen molar-refractivity contribution in [2.75, 3.05) is 31.5 Å². The van der Waals surface area contributed by atoms with Gasteiger partial charge in [0.1, 0.15) is 12.0 Å². The molecule has 0 aliphatic carbocycles. The predicted molar refractivity (Wildman–Crippen MR) is 72.0 cm³/mol. The fourth-order valence-electron chi connectivity index (χ4n) is 3.15. The maximum absolute atomic E-state index is 10.5. The van der Waals surface area contributed by atoms with Crippen molar-refractivity contribution in [3.05, 3.63) is 28.4 Å². The van der Waals surface area contributed by atoms with Crippen molar-refractivity contribution in [2.24, 2.45) is 11.8 Å². The molecule has 102 valence electrons. The third-order valence-electron chi connectivity index (χ3n) is 4.30. The van der Waals surface area contributed by atoms with E-state index in [1.54, 1.807) is 6.07 Å². The van der Waals surface area contributed by atoms with Crippen LogP contribution >= 0.6 is 0 Å². The highest BCUT2D eigenvalue weighted by Crippen LogP contribution is 2.32. The third kappa shape index (κ3) is 2.68. The molecule has 4 heterocycles. The number of fused-ring (bicyclic) bond motifs is 3. The Balaban J connectivity index is 1.56. The van der Waals surface area contributed by atoms with E-state index >= 15 is 0 Å². The number of nitrogens with zero attached hydrogens (tertiary/aromatic N) is 3. The summed E-state index contributed by atoms with van der Waals surface area (Å²) in [4.78, 5) is 16.7. The minimum absolute atomic E-state index is 0.0355. The summed E-state index contributed by atoms with van der Waals surface area (Å²) >= 11 is 0. The third-order valence-corrected chi connectivity index (χ3v) is 4.30. The molecule has 19 heavy (non-hydrogen) atoms. The van der Waals surface area contributed by atoms with Crippen molar-refractivity contribution in [3.8, 4) is 0 Å². The molecule has 0 saturated carbocycles. The maximum atomic E-state index is 10.5. The summed E-state index contributed by atoms with van der Waals surface area (Å²) in [6.07, 6.45) is 3.92. The van der Waals surface area contributed by atoms with Crippen molar-refractivity contribution >= 4 is 11.5 Å². The van der Waals surface area contributed by atoms with Crippen LogP contribution in [0.5, 0.6) is 0 Å². The molecule has 0 amide bonds. The predicted octanol–water partition coefficient (Wildman–Crippen LogP) is 1.74. The van der Waals surface area contributed by atoms with Gasteiger partial charge in [-0.25, -0.2) is 4.98 Å². The van der Waals surface area contributed by atoms with Gasteiger partial charge in [0.2, 0.25) is 0 Å². The zero-order valence-corrected chi connectivity index (χ0v) is 10.8. The van der Waals surface area contributed by atoms with Gasteiger partial charge in [0.15, 0.2) is 0 Å². The normalized spacial score (nSPS) is 29.2. The number of hydrogen-bond acceptors (Lipinski definition) is 5. The van der Waals surface area contributed by atoms with E-state index in [0.29, 0.717) is 5.92 Å². The number of pyridine rings is 1. The highest BCUT2D eigenvalue weighted by atomic mass is 16.6. The average Bonchev–Trinajstić information content (AvgIpc) is 2.47. The van der Waals surface area contributed by atoms with Crippen molar-refractivity contribution in [3.63, 3.8) is 0 Å². The highest BCUT2D eigenvalue weighted by molar-refractivity contribution is 5.40. The molecular formula is C13H18N4O2. The van der Waals surface area contributed by atoms with Gasteiger partial charge in [0.25, 0.3) is 5.69 Å². The Labute approximate surface area is 112 Å². The zero-order valence-electron chi connectivity index (χ0n) is 10.8. The van der Waals surface area contributed by atoms with Gasteiger partial charge < -0.3 is 10.2 Å². The van der Waals surface area contributed by atoms with Crippen LogP contribution in [0.15, 0.2) is 18.3 Å². The van der Waals surface area contributed by atoms with Crippen LogP contribution in [-0.2, 0) is 0 Å². The van der Waals surface area contributed by atoms with Gasteiger partial charge in [-0.3, -0.25) is 10.1 Å². The van der Waals surface area contributed by atoms with E-state index in [2.05, 4.69) is 15.2 Å². The molecule has 0 aromatic carbocycles. The van der Waals surface area contributed by atoms with Gasteiger partial charge in [0, 0.05) is 19.2 Å². The van der Waals surface area contributed by atoms with Crippen molar-refractivity contribution < 1.29 is 4.92 Å². The molecule has 6 nitrogen and oxygen atoms in total. The molecule has 4 rings (SSSR count). The summed E-state index contributed by atoms with van der Waals surface area (Å²) in [7, 11) is 0. The molecule has 3 fully saturated rings. The SMILES string of the molecule is O=[N+]([O-])c1ccc(NCC2CN3CCC2CC3)nc1. The molecular weight excluding hydrogens is 244 g/mol. The monoisotopic (exact) mass is 262 g/mol. The highest BCUT2D eigenvalue weighted by Gasteiger charge is 2.33. The second kappa shape index (κ2) is 5.13. The van der Waals surface area contributed by atoms with E-state index in [4.69, 9.17) is 0 Å². The Morgan fingerprint density at radius 2 is 2.21 bits per heavy atom. The number of rotatable bonds is 4. The lowest BCUT2D eigenvalue weighted by Crippen LogP contribution is -2.49. The van der Waals surface area contributed by atoms with Crippen LogP contribution in [0.25, 0.3) is 0 Å². The molecule has 3 aliphatic heterocycles. The Bertz CT molecular complexity index is 454. The summed E-state index contributed by atoms with van der Waals surface area (Å²) < 4.78 is 0. The second-order valence-electron chi connectivity index (χ2n) is 5.44. The summed E-state index contributed by atoms with van der Waals surface area (Å²) in [5.74, 6) is 2.23. The van der Waals surface area contributed by atoms with Gasteiger partial charge >= 0.3 is 0 Å². The average molecular weight is 262 g/mol. The quantitative estimate of drug-likeness (QED) is 0.661. The van der Waals surface area contributed by atoms with Crippen LogP contribution in [0.2, 0.25) is 0 Å². The minimum Gasteiger partial charge on any atom is -0.370 e. The van der Waals surface area contributed by atoms with Crippen LogP contribution in [0.4, 0.5) is 11.5 Å². The maximum Gasteiger partial charge on any atom is 0.287 e. The Kier molecular flexibility index (Phi) is 3.33.